The lowest BCUT2D eigenvalue weighted by molar-refractivity contribution is 0.130. The fraction of sp³-hybridized carbons (Fsp3) is 1.00. The minimum Gasteiger partial charge on any atom is -0.315 e. The van der Waals surface area contributed by atoms with Crippen LogP contribution in [-0.2, 0) is 0 Å². The first-order chi connectivity index (χ1) is 8.15. The molecule has 0 heterocycles. The largest absolute Gasteiger partial charge is 0.315 e. The average Bonchev–Trinajstić information content (AvgIpc) is 2.34. The molecule has 0 radical (unpaired) electrons. The van der Waals surface area contributed by atoms with E-state index >= 15 is 0 Å². The van der Waals surface area contributed by atoms with E-state index < -0.39 is 0 Å². The molecule has 0 aromatic rings. The first-order valence-electron chi connectivity index (χ1n) is 7.57. The number of hydrogen-bond acceptors (Lipinski definition) is 2. The molecule has 0 aromatic heterocycles. The molecule has 1 aliphatic rings. The summed E-state index contributed by atoms with van der Waals surface area (Å²) in [6, 6.07) is 1.50. The van der Waals surface area contributed by atoms with Crippen LogP contribution in [0.2, 0.25) is 0 Å². The first kappa shape index (κ1) is 15.0. The average molecular weight is 240 g/mol. The lowest BCUT2D eigenvalue weighted by Gasteiger charge is -2.37. The molecule has 2 heteroatoms. The maximum Gasteiger partial charge on any atom is 0.0192 e. The number of unbranched alkanes of at least 4 members (excludes halogenated alkanes) is 1. The summed E-state index contributed by atoms with van der Waals surface area (Å²) in [5.74, 6) is 0.956. The molecule has 1 unspecified atom stereocenters. The second-order valence-electron chi connectivity index (χ2n) is 5.99. The number of nitrogens with one attached hydrogen (secondary N) is 1. The Balaban J connectivity index is 2.19. The van der Waals surface area contributed by atoms with Gasteiger partial charge in [-0.1, -0.05) is 20.3 Å². The van der Waals surface area contributed by atoms with Gasteiger partial charge in [0.15, 0.2) is 0 Å². The van der Waals surface area contributed by atoms with Gasteiger partial charge in [0.25, 0.3) is 0 Å². The Bertz CT molecular complexity index is 185. The molecular weight excluding hydrogens is 208 g/mol. The van der Waals surface area contributed by atoms with E-state index in [1.165, 1.54) is 45.1 Å². The lowest BCUT2D eigenvalue weighted by Crippen LogP contribution is -2.45. The highest BCUT2D eigenvalue weighted by Gasteiger charge is 2.24. The summed E-state index contributed by atoms with van der Waals surface area (Å²) in [6.45, 7) is 9.32. The third-order valence-corrected chi connectivity index (χ3v) is 4.40. The Morgan fingerprint density at radius 1 is 1.24 bits per heavy atom. The van der Waals surface area contributed by atoms with E-state index in [-0.39, 0.29) is 0 Å². The first-order valence-corrected chi connectivity index (χ1v) is 7.57. The lowest BCUT2D eigenvalue weighted by atomic mass is 9.86. The van der Waals surface area contributed by atoms with Gasteiger partial charge in [-0.15, -0.1) is 0 Å². The molecule has 1 saturated carbocycles. The van der Waals surface area contributed by atoms with Crippen LogP contribution in [0.1, 0.15) is 59.3 Å². The summed E-state index contributed by atoms with van der Waals surface area (Å²) in [4.78, 5) is 2.60. The van der Waals surface area contributed by atoms with Crippen molar-refractivity contribution in [3.63, 3.8) is 0 Å². The van der Waals surface area contributed by atoms with Gasteiger partial charge in [-0.3, -0.25) is 4.90 Å². The second-order valence-corrected chi connectivity index (χ2v) is 5.99. The van der Waals surface area contributed by atoms with Crippen molar-refractivity contribution in [1.82, 2.24) is 10.2 Å². The van der Waals surface area contributed by atoms with Crippen molar-refractivity contribution >= 4 is 0 Å². The Labute approximate surface area is 108 Å². The summed E-state index contributed by atoms with van der Waals surface area (Å²) in [5.41, 5.74) is 0. The van der Waals surface area contributed by atoms with Crippen molar-refractivity contribution in [2.75, 3.05) is 20.1 Å². The van der Waals surface area contributed by atoms with Crippen LogP contribution in [0.15, 0.2) is 0 Å². The number of nitrogens with zero attached hydrogens (tertiary/aromatic N) is 1. The minimum absolute atomic E-state index is 0.672. The SMILES string of the molecule is CCCCNCC(C)N(C)C1CCC(C)CC1. The highest BCUT2D eigenvalue weighted by Crippen LogP contribution is 2.27. The van der Waals surface area contributed by atoms with Gasteiger partial charge in [0.05, 0.1) is 0 Å². The van der Waals surface area contributed by atoms with Gasteiger partial charge in [0, 0.05) is 18.6 Å². The number of likely N-dealkylation sites (N-methyl/N-ethyl adjacent to an activating group) is 1. The molecule has 1 atom stereocenters. The standard InChI is InChI=1S/C15H32N2/c1-5-6-11-16-12-14(3)17(4)15-9-7-13(2)8-10-15/h13-16H,5-12H2,1-4H3. The summed E-state index contributed by atoms with van der Waals surface area (Å²) in [7, 11) is 2.31. The van der Waals surface area contributed by atoms with Crippen molar-refractivity contribution < 1.29 is 0 Å². The van der Waals surface area contributed by atoms with E-state index in [4.69, 9.17) is 0 Å². The Hall–Kier alpha value is -0.0800. The fourth-order valence-corrected chi connectivity index (χ4v) is 2.77. The molecule has 0 aromatic carbocycles. The molecule has 0 amide bonds. The van der Waals surface area contributed by atoms with Crippen LogP contribution in [0.25, 0.3) is 0 Å². The number of hydrogen-bond donors (Lipinski definition) is 1. The summed E-state index contributed by atoms with van der Waals surface area (Å²) >= 11 is 0. The Morgan fingerprint density at radius 2 is 1.88 bits per heavy atom. The molecule has 2 nitrogen and oxygen atoms in total. The Kier molecular flexibility index (Phi) is 7.14. The predicted molar refractivity (Wildman–Crippen MR) is 76.4 cm³/mol. The van der Waals surface area contributed by atoms with Gasteiger partial charge in [-0.05, 0) is 58.5 Å². The maximum atomic E-state index is 3.57. The van der Waals surface area contributed by atoms with Gasteiger partial charge >= 0.3 is 0 Å². The van der Waals surface area contributed by atoms with Crippen LogP contribution in [-0.4, -0.2) is 37.1 Å². The summed E-state index contributed by atoms with van der Waals surface area (Å²) < 4.78 is 0. The highest BCUT2D eigenvalue weighted by atomic mass is 15.2. The van der Waals surface area contributed by atoms with Crippen molar-refractivity contribution in [2.45, 2.75) is 71.4 Å². The third-order valence-electron chi connectivity index (χ3n) is 4.40. The van der Waals surface area contributed by atoms with Crippen LogP contribution in [0.5, 0.6) is 0 Å². The molecule has 0 spiro atoms. The van der Waals surface area contributed by atoms with Crippen molar-refractivity contribution in [2.24, 2.45) is 5.92 Å². The topological polar surface area (TPSA) is 15.3 Å². The van der Waals surface area contributed by atoms with E-state index in [2.05, 4.69) is 38.0 Å². The molecule has 102 valence electrons. The molecule has 1 N–H and O–H groups in total. The normalized spacial score (nSPS) is 27.4. The molecule has 1 aliphatic carbocycles. The van der Waals surface area contributed by atoms with Crippen LogP contribution < -0.4 is 5.32 Å². The number of rotatable bonds is 7. The van der Waals surface area contributed by atoms with Gasteiger partial charge in [0.2, 0.25) is 0 Å². The van der Waals surface area contributed by atoms with Crippen LogP contribution in [0, 0.1) is 5.92 Å². The molecular formula is C15H32N2. The third kappa shape index (κ3) is 5.39. The van der Waals surface area contributed by atoms with Crippen LogP contribution >= 0.6 is 0 Å². The van der Waals surface area contributed by atoms with Crippen molar-refractivity contribution in [1.29, 1.82) is 0 Å². The van der Waals surface area contributed by atoms with E-state index in [1.807, 2.05) is 0 Å². The maximum absolute atomic E-state index is 3.57. The van der Waals surface area contributed by atoms with Gasteiger partial charge in [-0.2, -0.15) is 0 Å². The van der Waals surface area contributed by atoms with E-state index in [0.717, 1.165) is 18.5 Å². The van der Waals surface area contributed by atoms with Gasteiger partial charge < -0.3 is 5.32 Å². The van der Waals surface area contributed by atoms with E-state index in [1.54, 1.807) is 0 Å². The zero-order valence-corrected chi connectivity index (χ0v) is 12.3. The van der Waals surface area contributed by atoms with Crippen molar-refractivity contribution in [3.8, 4) is 0 Å². The fourth-order valence-electron chi connectivity index (χ4n) is 2.77. The molecule has 0 aliphatic heterocycles. The Morgan fingerprint density at radius 3 is 2.47 bits per heavy atom. The summed E-state index contributed by atoms with van der Waals surface area (Å²) in [5, 5.41) is 3.57. The second kappa shape index (κ2) is 8.10. The van der Waals surface area contributed by atoms with Gasteiger partial charge in [0.1, 0.15) is 0 Å². The smallest absolute Gasteiger partial charge is 0.0192 e. The highest BCUT2D eigenvalue weighted by molar-refractivity contribution is 4.80. The molecule has 0 bridgehead atoms. The quantitative estimate of drug-likeness (QED) is 0.687. The minimum atomic E-state index is 0.672. The zero-order valence-electron chi connectivity index (χ0n) is 12.3. The molecule has 1 fully saturated rings. The monoisotopic (exact) mass is 240 g/mol. The molecule has 0 saturated heterocycles. The predicted octanol–water partition coefficient (Wildman–Crippen LogP) is 3.28. The van der Waals surface area contributed by atoms with E-state index in [0.29, 0.717) is 6.04 Å². The van der Waals surface area contributed by atoms with Crippen molar-refractivity contribution in [3.05, 3.63) is 0 Å². The summed E-state index contributed by atoms with van der Waals surface area (Å²) in [6.07, 6.45) is 8.24. The molecule has 1 rings (SSSR count). The van der Waals surface area contributed by atoms with Crippen LogP contribution in [0.4, 0.5) is 0 Å². The molecule has 17 heavy (non-hydrogen) atoms. The van der Waals surface area contributed by atoms with Gasteiger partial charge in [-0.25, -0.2) is 0 Å². The zero-order chi connectivity index (χ0) is 12.7. The van der Waals surface area contributed by atoms with E-state index in [9.17, 15) is 0 Å². The van der Waals surface area contributed by atoms with Crippen LogP contribution in [0.3, 0.4) is 0 Å².